The van der Waals surface area contributed by atoms with Crippen LogP contribution in [0, 0.1) is 18.6 Å². The number of aromatic hydroxyl groups is 1. The number of fused-ring (bicyclic) bond motifs is 1. The van der Waals surface area contributed by atoms with Crippen LogP contribution in [-0.4, -0.2) is 38.6 Å². The highest BCUT2D eigenvalue weighted by Gasteiger charge is 2.27. The Labute approximate surface area is 186 Å². The highest BCUT2D eigenvalue weighted by Crippen LogP contribution is 2.35. The van der Waals surface area contributed by atoms with Gasteiger partial charge in [0.25, 0.3) is 5.91 Å². The number of phenolic OH excluding ortho intramolecular Hbond substituents is 1. The molecule has 10 heteroatoms. The van der Waals surface area contributed by atoms with Crippen LogP contribution in [0.1, 0.15) is 35.0 Å². The smallest absolute Gasteiger partial charge is 0.305 e. The Morgan fingerprint density at radius 2 is 1.81 bits per heavy atom. The molecule has 1 aromatic heterocycles. The molecule has 3 N–H and O–H groups in total. The predicted molar refractivity (Wildman–Crippen MR) is 113 cm³/mol. The number of amides is 1. The minimum absolute atomic E-state index is 0.0649. The van der Waals surface area contributed by atoms with Gasteiger partial charge in [-0.15, -0.1) is 0 Å². The van der Waals surface area contributed by atoms with Gasteiger partial charge in [0.2, 0.25) is 5.91 Å². The molecule has 0 bridgehead atoms. The van der Waals surface area contributed by atoms with Crippen molar-refractivity contribution in [3.05, 3.63) is 63.8 Å². The zero-order chi connectivity index (χ0) is 23.7. The van der Waals surface area contributed by atoms with E-state index < -0.39 is 47.6 Å². The van der Waals surface area contributed by atoms with E-state index in [-0.39, 0.29) is 34.1 Å². The molecule has 3 rings (SSSR count). The Hall–Kier alpha value is -3.46. The van der Waals surface area contributed by atoms with E-state index in [0.29, 0.717) is 5.02 Å². The molecule has 0 saturated heterocycles. The molecule has 2 aromatic carbocycles. The van der Waals surface area contributed by atoms with Gasteiger partial charge in [-0.3, -0.25) is 19.0 Å². The molecule has 0 radical (unpaired) electrons. The molecule has 1 heterocycles. The summed E-state index contributed by atoms with van der Waals surface area (Å²) in [5.74, 6) is -6.13. The van der Waals surface area contributed by atoms with Gasteiger partial charge in [0.15, 0.2) is 17.4 Å². The van der Waals surface area contributed by atoms with Crippen molar-refractivity contribution in [2.75, 3.05) is 0 Å². The van der Waals surface area contributed by atoms with Crippen molar-refractivity contribution < 1.29 is 33.4 Å². The number of rotatable bonds is 6. The third kappa shape index (κ3) is 4.43. The zero-order valence-corrected chi connectivity index (χ0v) is 17.8. The van der Waals surface area contributed by atoms with Crippen LogP contribution in [0.2, 0.25) is 5.02 Å². The summed E-state index contributed by atoms with van der Waals surface area (Å²) in [7, 11) is 0. The average molecular weight is 465 g/mol. The van der Waals surface area contributed by atoms with Crippen LogP contribution in [0.25, 0.3) is 10.9 Å². The number of aliphatic carboxylic acids is 1. The second-order valence-electron chi connectivity index (χ2n) is 7.37. The van der Waals surface area contributed by atoms with Crippen LogP contribution in [-0.2, 0) is 16.0 Å². The van der Waals surface area contributed by atoms with Crippen LogP contribution in [0.3, 0.4) is 0 Å². The number of hydrogen-bond donors (Lipinski definition) is 3. The van der Waals surface area contributed by atoms with Crippen LogP contribution in [0.5, 0.6) is 5.75 Å². The minimum atomic E-state index is -1.30. The molecule has 0 fully saturated rings. The number of carbonyl (C=O) groups excluding carboxylic acids is 2. The fourth-order valence-electron chi connectivity index (χ4n) is 3.56. The number of aromatic nitrogens is 1. The van der Waals surface area contributed by atoms with Gasteiger partial charge < -0.3 is 15.5 Å². The fraction of sp³-hybridized carbons (Fsp3) is 0.227. The van der Waals surface area contributed by atoms with Crippen molar-refractivity contribution in [2.24, 2.45) is 0 Å². The van der Waals surface area contributed by atoms with E-state index in [1.165, 1.54) is 38.1 Å². The summed E-state index contributed by atoms with van der Waals surface area (Å²) < 4.78 is 30.1. The number of carboxylic acids is 1. The van der Waals surface area contributed by atoms with Gasteiger partial charge in [0, 0.05) is 33.8 Å². The van der Waals surface area contributed by atoms with Crippen molar-refractivity contribution in [1.29, 1.82) is 0 Å². The Morgan fingerprint density at radius 3 is 2.41 bits per heavy atom. The molecule has 1 amide bonds. The van der Waals surface area contributed by atoms with Crippen molar-refractivity contribution >= 4 is 40.3 Å². The fourth-order valence-corrected chi connectivity index (χ4v) is 3.68. The Morgan fingerprint density at radius 1 is 1.19 bits per heavy atom. The van der Waals surface area contributed by atoms with Gasteiger partial charge in [-0.05, 0) is 43.7 Å². The first-order valence-corrected chi connectivity index (χ1v) is 9.91. The molecule has 1 atom stereocenters. The summed E-state index contributed by atoms with van der Waals surface area (Å²) in [5.41, 5.74) is 0.269. The third-order valence-electron chi connectivity index (χ3n) is 5.01. The maximum atomic E-state index is 14.9. The van der Waals surface area contributed by atoms with Gasteiger partial charge in [0.05, 0.1) is 18.4 Å². The van der Waals surface area contributed by atoms with Crippen molar-refractivity contribution in [2.45, 2.75) is 32.7 Å². The largest absolute Gasteiger partial charge is 0.503 e. The second-order valence-corrected chi connectivity index (χ2v) is 7.81. The number of hydrogen-bond acceptors (Lipinski definition) is 4. The molecule has 168 valence electrons. The first-order valence-electron chi connectivity index (χ1n) is 9.53. The molecular weight excluding hydrogens is 446 g/mol. The van der Waals surface area contributed by atoms with Gasteiger partial charge in [-0.25, -0.2) is 8.78 Å². The maximum Gasteiger partial charge on any atom is 0.305 e. The summed E-state index contributed by atoms with van der Waals surface area (Å²) in [6.07, 6.45) is -0.739. The number of halogens is 3. The van der Waals surface area contributed by atoms with E-state index in [0.717, 1.165) is 10.6 Å². The van der Waals surface area contributed by atoms with Gasteiger partial charge in [-0.2, -0.15) is 0 Å². The number of benzene rings is 2. The molecule has 0 saturated carbocycles. The zero-order valence-electron chi connectivity index (χ0n) is 17.1. The monoisotopic (exact) mass is 464 g/mol. The highest BCUT2D eigenvalue weighted by atomic mass is 35.5. The normalized spacial score (nSPS) is 12.0. The van der Waals surface area contributed by atoms with E-state index in [4.69, 9.17) is 16.7 Å². The number of phenols is 1. The Balaban J connectivity index is 2.12. The van der Waals surface area contributed by atoms with E-state index in [9.17, 15) is 28.3 Å². The lowest BCUT2D eigenvalue weighted by Crippen LogP contribution is -2.35. The molecule has 0 aliphatic rings. The molecule has 0 spiro atoms. The number of nitrogens with zero attached hydrogens (tertiary/aromatic N) is 1. The molecule has 0 aliphatic heterocycles. The number of carboxylic acid groups (broad SMARTS) is 1. The van der Waals surface area contributed by atoms with Crippen LogP contribution in [0.4, 0.5) is 8.78 Å². The standard InChI is InChI=1S/C22H19ClF2N2O5/c1-10(7-18(29)30)26-17(28)8-14-11(2)27(22(32)12-3-5-13(23)6-4-12)16-9-15(24)21(31)20(25)19(14)16/h3-6,9-10,31H,7-8H2,1-2H3,(H,26,28)(H,29,30). The lowest BCUT2D eigenvalue weighted by molar-refractivity contribution is -0.137. The number of nitrogens with one attached hydrogen (secondary N) is 1. The van der Waals surface area contributed by atoms with Gasteiger partial charge >= 0.3 is 5.97 Å². The van der Waals surface area contributed by atoms with Crippen LogP contribution in [0.15, 0.2) is 30.3 Å². The second kappa shape index (κ2) is 8.96. The summed E-state index contributed by atoms with van der Waals surface area (Å²) in [4.78, 5) is 36.4. The molecule has 1 unspecified atom stereocenters. The molecular formula is C22H19ClF2N2O5. The SMILES string of the molecule is Cc1c(CC(=O)NC(C)CC(=O)O)c2c(F)c(O)c(F)cc2n1C(=O)c1ccc(Cl)cc1. The summed E-state index contributed by atoms with van der Waals surface area (Å²) in [6.45, 7) is 2.96. The minimum Gasteiger partial charge on any atom is -0.503 e. The van der Waals surface area contributed by atoms with Crippen molar-refractivity contribution in [3.63, 3.8) is 0 Å². The maximum absolute atomic E-state index is 14.9. The van der Waals surface area contributed by atoms with Crippen LogP contribution < -0.4 is 5.32 Å². The Bertz CT molecular complexity index is 1240. The van der Waals surface area contributed by atoms with Crippen molar-refractivity contribution in [1.82, 2.24) is 9.88 Å². The molecule has 7 nitrogen and oxygen atoms in total. The van der Waals surface area contributed by atoms with E-state index >= 15 is 0 Å². The predicted octanol–water partition coefficient (Wildman–Crippen LogP) is 3.80. The van der Waals surface area contributed by atoms with E-state index in [1.807, 2.05) is 0 Å². The highest BCUT2D eigenvalue weighted by molar-refractivity contribution is 6.30. The Kier molecular flexibility index (Phi) is 6.50. The summed E-state index contributed by atoms with van der Waals surface area (Å²) >= 11 is 5.86. The topological polar surface area (TPSA) is 109 Å². The average Bonchev–Trinajstić information content (AvgIpc) is 2.96. The van der Waals surface area contributed by atoms with E-state index in [1.54, 1.807) is 0 Å². The van der Waals surface area contributed by atoms with E-state index in [2.05, 4.69) is 5.32 Å². The summed E-state index contributed by atoms with van der Waals surface area (Å²) in [5, 5.41) is 21.2. The third-order valence-corrected chi connectivity index (χ3v) is 5.26. The first-order chi connectivity index (χ1) is 15.0. The van der Waals surface area contributed by atoms with Gasteiger partial charge in [0.1, 0.15) is 0 Å². The quantitative estimate of drug-likeness (QED) is 0.514. The molecule has 32 heavy (non-hydrogen) atoms. The lowest BCUT2D eigenvalue weighted by atomic mass is 10.1. The number of carbonyl (C=O) groups is 3. The first kappa shape index (κ1) is 23.2. The lowest BCUT2D eigenvalue weighted by Gasteiger charge is -2.12. The van der Waals surface area contributed by atoms with Gasteiger partial charge in [-0.1, -0.05) is 11.6 Å². The van der Waals surface area contributed by atoms with Crippen molar-refractivity contribution in [3.8, 4) is 5.75 Å². The molecule has 0 aliphatic carbocycles. The van der Waals surface area contributed by atoms with Crippen LogP contribution >= 0.6 is 11.6 Å². The summed E-state index contributed by atoms with van der Waals surface area (Å²) in [6, 6.07) is 6.00. The molecule has 3 aromatic rings.